The quantitative estimate of drug-likeness (QED) is 0.576. The topological polar surface area (TPSA) is 38.2 Å². The van der Waals surface area contributed by atoms with Gasteiger partial charge < -0.3 is 0 Å². The molecule has 2 aromatic rings. The summed E-state index contributed by atoms with van der Waals surface area (Å²) in [6.45, 7) is 5.62. The van der Waals surface area contributed by atoms with E-state index in [4.69, 9.17) is 27.9 Å². The molecule has 1 unspecified atom stereocenters. The number of benzene rings is 1. The van der Waals surface area contributed by atoms with Crippen molar-refractivity contribution in [1.82, 2.24) is 9.97 Å². The first-order chi connectivity index (χ1) is 10.6. The first-order valence-electron chi connectivity index (χ1n) is 7.02. The Morgan fingerprint density at radius 1 is 1.23 bits per heavy atom. The maximum atomic E-state index is 6.18. The molecule has 116 valence electrons. The molecule has 0 aliphatic carbocycles. The van der Waals surface area contributed by atoms with Crippen molar-refractivity contribution in [1.29, 1.82) is 0 Å². The minimum absolute atomic E-state index is 0.255. The summed E-state index contributed by atoms with van der Waals surface area (Å²) in [4.78, 5) is 10.5. The molecule has 3 rings (SSSR count). The summed E-state index contributed by atoms with van der Waals surface area (Å²) in [6, 6.07) is 6.60. The Morgan fingerprint density at radius 2 is 2.00 bits per heavy atom. The Balaban J connectivity index is 1.81. The van der Waals surface area contributed by atoms with Gasteiger partial charge in [-0.15, -0.1) is 0 Å². The number of hydrogen-bond donors (Lipinski definition) is 0. The molecule has 0 bridgehead atoms. The van der Waals surface area contributed by atoms with Crippen LogP contribution in [-0.2, 0) is 4.74 Å². The molecule has 7 heteroatoms. The molecular weight excluding hydrogens is 384 g/mol. The van der Waals surface area contributed by atoms with Crippen molar-refractivity contribution in [3.63, 3.8) is 0 Å². The van der Waals surface area contributed by atoms with Crippen molar-refractivity contribution < 1.29 is 4.74 Å². The SMILES string of the molecule is Cc1cc(N2CCOCC2)ccc1[AsH]c1nc(Cl)ncc1Cl. The zero-order valence-corrected chi connectivity index (χ0v) is 15.8. The van der Waals surface area contributed by atoms with Crippen LogP contribution in [0.25, 0.3) is 0 Å². The Kier molecular flexibility index (Phi) is 5.25. The summed E-state index contributed by atoms with van der Waals surface area (Å²) in [5.41, 5.74) is 2.53. The number of ether oxygens (including phenoxy) is 1. The Bertz CT molecular complexity index is 678. The second kappa shape index (κ2) is 7.18. The van der Waals surface area contributed by atoms with Crippen LogP contribution >= 0.6 is 23.2 Å². The second-order valence-corrected chi connectivity index (χ2v) is 8.45. The standard InChI is InChI=1S/C15H16AsCl2N3O/c1-10-8-11(21-4-6-22-7-5-21)2-3-12(10)16-14-13(17)9-19-15(18)20-14/h2-3,8-9,16H,4-7H2,1H3. The van der Waals surface area contributed by atoms with Crippen LogP contribution in [0.15, 0.2) is 24.4 Å². The number of rotatable bonds is 3. The molecule has 1 fully saturated rings. The van der Waals surface area contributed by atoms with Gasteiger partial charge in [-0.2, -0.15) is 0 Å². The van der Waals surface area contributed by atoms with Gasteiger partial charge in [-0.25, -0.2) is 0 Å². The van der Waals surface area contributed by atoms with Gasteiger partial charge in [0.1, 0.15) is 0 Å². The van der Waals surface area contributed by atoms with Crippen LogP contribution in [0.5, 0.6) is 0 Å². The van der Waals surface area contributed by atoms with Crippen LogP contribution in [0.2, 0.25) is 10.3 Å². The summed E-state index contributed by atoms with van der Waals surface area (Å²) in [5, 5.41) is 0.854. The minimum atomic E-state index is -0.627. The van der Waals surface area contributed by atoms with Crippen LogP contribution in [0.1, 0.15) is 5.56 Å². The number of morpholine rings is 1. The molecule has 1 saturated heterocycles. The average molecular weight is 400 g/mol. The zero-order valence-electron chi connectivity index (χ0n) is 12.1. The molecule has 1 aliphatic rings. The van der Waals surface area contributed by atoms with E-state index in [2.05, 4.69) is 40.0 Å². The second-order valence-electron chi connectivity index (χ2n) is 5.06. The van der Waals surface area contributed by atoms with Crippen LogP contribution < -0.4 is 13.7 Å². The molecule has 0 amide bonds. The van der Waals surface area contributed by atoms with E-state index in [1.54, 1.807) is 6.20 Å². The third-order valence-corrected chi connectivity index (χ3v) is 7.38. The molecule has 22 heavy (non-hydrogen) atoms. The normalized spacial score (nSPS) is 15.7. The van der Waals surface area contributed by atoms with Gasteiger partial charge in [0.2, 0.25) is 0 Å². The van der Waals surface area contributed by atoms with Crippen LogP contribution in [0.3, 0.4) is 0 Å². The predicted octanol–water partition coefficient (Wildman–Crippen LogP) is 1.32. The van der Waals surface area contributed by atoms with Gasteiger partial charge in [0, 0.05) is 0 Å². The van der Waals surface area contributed by atoms with Gasteiger partial charge in [-0.05, 0) is 0 Å². The number of aromatic nitrogens is 2. The number of anilines is 1. The fourth-order valence-electron chi connectivity index (χ4n) is 2.37. The summed E-state index contributed by atoms with van der Waals surface area (Å²) in [7, 11) is 0. The molecule has 1 aliphatic heterocycles. The zero-order chi connectivity index (χ0) is 15.5. The van der Waals surface area contributed by atoms with E-state index >= 15 is 0 Å². The monoisotopic (exact) mass is 399 g/mol. The average Bonchev–Trinajstić information content (AvgIpc) is 2.53. The van der Waals surface area contributed by atoms with Crippen molar-refractivity contribution in [2.24, 2.45) is 0 Å². The van der Waals surface area contributed by atoms with Crippen LogP contribution in [-0.4, -0.2) is 52.0 Å². The summed E-state index contributed by atoms with van der Waals surface area (Å²) in [6.07, 6.45) is 1.58. The molecule has 0 spiro atoms. The van der Waals surface area contributed by atoms with Crippen LogP contribution in [0, 0.1) is 6.92 Å². The number of halogens is 2. The molecule has 1 aromatic carbocycles. The molecule has 2 heterocycles. The van der Waals surface area contributed by atoms with E-state index in [0.29, 0.717) is 5.02 Å². The van der Waals surface area contributed by atoms with Crippen molar-refractivity contribution in [2.45, 2.75) is 6.92 Å². The molecule has 0 N–H and O–H groups in total. The summed E-state index contributed by atoms with van der Waals surface area (Å²) < 4.78 is 7.59. The maximum absolute atomic E-state index is 6.18. The fraction of sp³-hybridized carbons (Fsp3) is 0.333. The fourth-order valence-corrected chi connectivity index (χ4v) is 5.16. The number of hydrogen-bond acceptors (Lipinski definition) is 4. The summed E-state index contributed by atoms with van der Waals surface area (Å²) >= 11 is 11.4. The van der Waals surface area contributed by atoms with Crippen molar-refractivity contribution in [3.8, 4) is 0 Å². The van der Waals surface area contributed by atoms with Crippen molar-refractivity contribution >= 4 is 53.5 Å². The molecular formula is C15H16AsCl2N3O. The number of nitrogens with zero attached hydrogens (tertiary/aromatic N) is 3. The predicted molar refractivity (Wildman–Crippen MR) is 92.7 cm³/mol. The van der Waals surface area contributed by atoms with Gasteiger partial charge in [0.05, 0.1) is 0 Å². The van der Waals surface area contributed by atoms with Gasteiger partial charge >= 0.3 is 147 Å². The van der Waals surface area contributed by atoms with E-state index in [0.717, 1.165) is 30.8 Å². The van der Waals surface area contributed by atoms with E-state index in [1.165, 1.54) is 15.6 Å². The summed E-state index contributed by atoms with van der Waals surface area (Å²) in [5.74, 6) is 0. The van der Waals surface area contributed by atoms with Crippen molar-refractivity contribution in [3.05, 3.63) is 40.3 Å². The van der Waals surface area contributed by atoms with Gasteiger partial charge in [0.15, 0.2) is 0 Å². The Hall–Kier alpha value is -0.802. The Labute approximate surface area is 146 Å². The van der Waals surface area contributed by atoms with Gasteiger partial charge in [-0.1, -0.05) is 0 Å². The first-order valence-corrected chi connectivity index (χ1v) is 9.87. The Morgan fingerprint density at radius 3 is 2.73 bits per heavy atom. The van der Waals surface area contributed by atoms with E-state index in [-0.39, 0.29) is 5.28 Å². The van der Waals surface area contributed by atoms with E-state index in [1.807, 2.05) is 0 Å². The molecule has 1 atom stereocenters. The third kappa shape index (κ3) is 3.75. The van der Waals surface area contributed by atoms with E-state index < -0.39 is 15.8 Å². The van der Waals surface area contributed by atoms with Gasteiger partial charge in [0.25, 0.3) is 0 Å². The van der Waals surface area contributed by atoms with Gasteiger partial charge in [-0.3, -0.25) is 0 Å². The molecule has 0 saturated carbocycles. The van der Waals surface area contributed by atoms with Crippen molar-refractivity contribution in [2.75, 3.05) is 31.2 Å². The van der Waals surface area contributed by atoms with E-state index in [9.17, 15) is 0 Å². The molecule has 4 nitrogen and oxygen atoms in total. The number of aryl methyl sites for hydroxylation is 1. The van der Waals surface area contributed by atoms with Crippen LogP contribution in [0.4, 0.5) is 5.69 Å². The first kappa shape index (κ1) is 16.1. The third-order valence-electron chi connectivity index (χ3n) is 3.55. The molecule has 1 aromatic heterocycles. The molecule has 0 radical (unpaired) electrons.